The molecule has 0 aliphatic carbocycles. The van der Waals surface area contributed by atoms with Crippen molar-refractivity contribution < 1.29 is 19.4 Å². The highest BCUT2D eigenvalue weighted by molar-refractivity contribution is 6.05. The summed E-state index contributed by atoms with van der Waals surface area (Å²) in [6.45, 7) is 1.34. The Morgan fingerprint density at radius 2 is 2.00 bits per heavy atom. The first-order chi connectivity index (χ1) is 11.2. The van der Waals surface area contributed by atoms with E-state index < -0.39 is 0 Å². The summed E-state index contributed by atoms with van der Waals surface area (Å²) in [5, 5.41) is 12.4. The topological polar surface area (TPSA) is 67.8 Å². The molecule has 1 aliphatic rings. The lowest BCUT2D eigenvalue weighted by Gasteiger charge is -2.12. The highest BCUT2D eigenvalue weighted by Gasteiger charge is 2.16. The summed E-state index contributed by atoms with van der Waals surface area (Å²) in [5.74, 6) is 0.467. The number of hydrogen-bond acceptors (Lipinski definition) is 4. The number of aromatic hydroxyl groups is 1. The molecule has 1 aliphatic heterocycles. The summed E-state index contributed by atoms with van der Waals surface area (Å²) in [7, 11) is 0. The van der Waals surface area contributed by atoms with Crippen LogP contribution in [0.5, 0.6) is 11.5 Å². The molecule has 0 spiro atoms. The summed E-state index contributed by atoms with van der Waals surface area (Å²) in [5.41, 5.74) is 0.883. The number of carbonyl (C=O) groups excluding carboxylic acids is 1. The Morgan fingerprint density at radius 3 is 2.70 bits per heavy atom. The molecule has 1 saturated heterocycles. The van der Waals surface area contributed by atoms with Crippen LogP contribution in [0.2, 0.25) is 0 Å². The third-order valence-corrected chi connectivity index (χ3v) is 3.73. The Kier molecular flexibility index (Phi) is 4.78. The monoisotopic (exact) mass is 313 g/mol. The molecular formula is C18H19NO4. The number of amides is 1. The third-order valence-electron chi connectivity index (χ3n) is 3.73. The van der Waals surface area contributed by atoms with E-state index >= 15 is 0 Å². The van der Waals surface area contributed by atoms with Crippen LogP contribution in [0, 0.1) is 0 Å². The summed E-state index contributed by atoms with van der Waals surface area (Å²) in [6, 6.07) is 13.5. The van der Waals surface area contributed by atoms with Gasteiger partial charge in [-0.15, -0.1) is 0 Å². The molecule has 2 aromatic carbocycles. The number of benzene rings is 2. The maximum Gasteiger partial charge on any atom is 0.255 e. The van der Waals surface area contributed by atoms with Crippen LogP contribution in [-0.2, 0) is 4.74 Å². The minimum Gasteiger partial charge on any atom is -0.506 e. The summed E-state index contributed by atoms with van der Waals surface area (Å²) in [4.78, 5) is 12.2. The molecule has 5 heteroatoms. The number of ether oxygens (including phenoxy) is 2. The van der Waals surface area contributed by atoms with Gasteiger partial charge in [-0.3, -0.25) is 4.79 Å². The average molecular weight is 313 g/mol. The molecule has 23 heavy (non-hydrogen) atoms. The van der Waals surface area contributed by atoms with E-state index in [1.165, 1.54) is 6.07 Å². The molecule has 1 atom stereocenters. The van der Waals surface area contributed by atoms with Crippen molar-refractivity contribution in [2.24, 2.45) is 0 Å². The second-order valence-corrected chi connectivity index (χ2v) is 5.44. The van der Waals surface area contributed by atoms with Gasteiger partial charge in [-0.1, -0.05) is 12.1 Å². The van der Waals surface area contributed by atoms with Gasteiger partial charge in [0.1, 0.15) is 18.1 Å². The van der Waals surface area contributed by atoms with E-state index in [9.17, 15) is 9.90 Å². The Labute approximate surface area is 134 Å². The van der Waals surface area contributed by atoms with Crippen molar-refractivity contribution in [2.75, 3.05) is 18.5 Å². The number of para-hydroxylation sites is 2. The molecule has 5 nitrogen and oxygen atoms in total. The van der Waals surface area contributed by atoms with Gasteiger partial charge in [-0.25, -0.2) is 0 Å². The minimum absolute atomic E-state index is 0.0392. The first-order valence-corrected chi connectivity index (χ1v) is 7.66. The third kappa shape index (κ3) is 4.02. The van der Waals surface area contributed by atoms with Gasteiger partial charge in [0, 0.05) is 12.2 Å². The van der Waals surface area contributed by atoms with Crippen molar-refractivity contribution in [3.8, 4) is 11.5 Å². The van der Waals surface area contributed by atoms with E-state index in [2.05, 4.69) is 5.32 Å². The number of phenolic OH excluding ortho intramolecular Hbond substituents is 1. The number of carbonyl (C=O) groups is 1. The number of phenols is 1. The van der Waals surface area contributed by atoms with Crippen LogP contribution in [0.3, 0.4) is 0 Å². The van der Waals surface area contributed by atoms with Gasteiger partial charge >= 0.3 is 0 Å². The minimum atomic E-state index is -0.280. The van der Waals surface area contributed by atoms with Crippen molar-refractivity contribution in [2.45, 2.75) is 18.9 Å². The van der Waals surface area contributed by atoms with E-state index in [4.69, 9.17) is 9.47 Å². The molecule has 2 N–H and O–H groups in total. The van der Waals surface area contributed by atoms with Crippen LogP contribution in [0.4, 0.5) is 5.69 Å². The second kappa shape index (κ2) is 7.15. The van der Waals surface area contributed by atoms with Gasteiger partial charge in [0.25, 0.3) is 5.91 Å². The molecule has 2 aromatic rings. The molecule has 0 bridgehead atoms. The summed E-state index contributed by atoms with van der Waals surface area (Å²) in [6.07, 6.45) is 2.28. The predicted molar refractivity (Wildman–Crippen MR) is 87.0 cm³/mol. The second-order valence-electron chi connectivity index (χ2n) is 5.44. The summed E-state index contributed by atoms with van der Waals surface area (Å²) < 4.78 is 11.2. The zero-order valence-electron chi connectivity index (χ0n) is 12.7. The molecule has 0 unspecified atom stereocenters. The summed E-state index contributed by atoms with van der Waals surface area (Å²) >= 11 is 0. The number of nitrogens with one attached hydrogen (secondary N) is 1. The molecule has 3 rings (SSSR count). The van der Waals surface area contributed by atoms with Gasteiger partial charge in [0.2, 0.25) is 0 Å². The quantitative estimate of drug-likeness (QED) is 0.832. The van der Waals surface area contributed by atoms with Gasteiger partial charge in [0.15, 0.2) is 0 Å². The van der Waals surface area contributed by atoms with E-state index in [0.29, 0.717) is 23.6 Å². The molecule has 1 fully saturated rings. The van der Waals surface area contributed by atoms with Gasteiger partial charge < -0.3 is 19.9 Å². The van der Waals surface area contributed by atoms with Crippen LogP contribution in [0.15, 0.2) is 48.5 Å². The largest absolute Gasteiger partial charge is 0.506 e. The lowest BCUT2D eigenvalue weighted by atomic mass is 10.2. The Morgan fingerprint density at radius 1 is 1.22 bits per heavy atom. The van der Waals surface area contributed by atoms with Crippen molar-refractivity contribution >= 4 is 11.6 Å². The molecule has 0 aromatic heterocycles. The normalized spacial score (nSPS) is 17.0. The molecular weight excluding hydrogens is 294 g/mol. The average Bonchev–Trinajstić information content (AvgIpc) is 3.09. The van der Waals surface area contributed by atoms with Crippen molar-refractivity contribution in [1.29, 1.82) is 0 Å². The highest BCUT2D eigenvalue weighted by atomic mass is 16.5. The molecule has 120 valence electrons. The zero-order valence-corrected chi connectivity index (χ0v) is 12.7. The van der Waals surface area contributed by atoms with Crippen molar-refractivity contribution in [1.82, 2.24) is 0 Å². The van der Waals surface area contributed by atoms with E-state index in [-0.39, 0.29) is 17.8 Å². The van der Waals surface area contributed by atoms with Crippen LogP contribution in [0.25, 0.3) is 0 Å². The standard InChI is InChI=1S/C18H19NO4/c20-17-6-2-1-5-16(17)19-18(21)13-7-9-14(10-8-13)23-12-15-4-3-11-22-15/h1-2,5-10,15,20H,3-4,11-12H2,(H,19,21)/t15-/m1/s1. The first kappa shape index (κ1) is 15.4. The van der Waals surface area contributed by atoms with Crippen molar-refractivity contribution in [3.63, 3.8) is 0 Å². The fourth-order valence-corrected chi connectivity index (χ4v) is 2.44. The molecule has 1 heterocycles. The SMILES string of the molecule is O=C(Nc1ccccc1O)c1ccc(OC[C@H]2CCCO2)cc1. The van der Waals surface area contributed by atoms with Crippen LogP contribution < -0.4 is 10.1 Å². The number of rotatable bonds is 5. The van der Waals surface area contributed by atoms with E-state index in [1.54, 1.807) is 42.5 Å². The maximum atomic E-state index is 12.2. The Hall–Kier alpha value is -2.53. The van der Waals surface area contributed by atoms with Crippen LogP contribution >= 0.6 is 0 Å². The zero-order chi connectivity index (χ0) is 16.1. The molecule has 0 saturated carbocycles. The van der Waals surface area contributed by atoms with Crippen LogP contribution in [0.1, 0.15) is 23.2 Å². The Balaban J connectivity index is 1.57. The first-order valence-electron chi connectivity index (χ1n) is 7.66. The highest BCUT2D eigenvalue weighted by Crippen LogP contribution is 2.23. The molecule has 0 radical (unpaired) electrons. The lowest BCUT2D eigenvalue weighted by molar-refractivity contribution is 0.0679. The Bertz CT molecular complexity index is 663. The van der Waals surface area contributed by atoms with Gasteiger partial charge in [-0.05, 0) is 49.2 Å². The lowest BCUT2D eigenvalue weighted by Crippen LogP contribution is -2.16. The van der Waals surface area contributed by atoms with Gasteiger partial charge in [-0.2, -0.15) is 0 Å². The van der Waals surface area contributed by atoms with E-state index in [1.807, 2.05) is 0 Å². The smallest absolute Gasteiger partial charge is 0.255 e. The predicted octanol–water partition coefficient (Wildman–Crippen LogP) is 3.20. The van der Waals surface area contributed by atoms with Gasteiger partial charge in [0.05, 0.1) is 11.8 Å². The maximum absolute atomic E-state index is 12.2. The van der Waals surface area contributed by atoms with Crippen LogP contribution in [-0.4, -0.2) is 30.3 Å². The van der Waals surface area contributed by atoms with E-state index in [0.717, 1.165) is 19.4 Å². The van der Waals surface area contributed by atoms with Crippen molar-refractivity contribution in [3.05, 3.63) is 54.1 Å². The number of anilines is 1. The number of hydrogen-bond donors (Lipinski definition) is 2. The molecule has 1 amide bonds. The fourth-order valence-electron chi connectivity index (χ4n) is 2.44. The fraction of sp³-hybridized carbons (Fsp3) is 0.278.